The molecule has 1 amide bonds. The first kappa shape index (κ1) is 21.1. The van der Waals surface area contributed by atoms with Crippen LogP contribution in [-0.4, -0.2) is 83.2 Å². The SMILES string of the molecule is CN(C)CCC1CN(C)C(=O)c2ncccc2O1.O=C(O)C=CC(=O)O. The molecule has 1 aromatic heterocycles. The van der Waals surface area contributed by atoms with Crippen LogP contribution in [0.3, 0.4) is 0 Å². The maximum atomic E-state index is 12.1. The molecule has 0 aromatic carbocycles. The van der Waals surface area contributed by atoms with Gasteiger partial charge in [0.15, 0.2) is 11.4 Å². The maximum absolute atomic E-state index is 12.1. The molecule has 1 unspecified atom stereocenters. The first-order valence-corrected chi connectivity index (χ1v) is 7.86. The molecule has 9 nitrogen and oxygen atoms in total. The summed E-state index contributed by atoms with van der Waals surface area (Å²) in [5.74, 6) is -1.99. The number of fused-ring (bicyclic) bond motifs is 1. The molecule has 0 bridgehead atoms. The Morgan fingerprint density at radius 1 is 1.35 bits per heavy atom. The number of aliphatic carboxylic acids is 2. The molecule has 1 aromatic rings. The van der Waals surface area contributed by atoms with Gasteiger partial charge in [-0.3, -0.25) is 4.79 Å². The minimum Gasteiger partial charge on any atom is -0.486 e. The molecule has 0 fully saturated rings. The Kier molecular flexibility index (Phi) is 8.23. The minimum absolute atomic E-state index is 0.0202. The lowest BCUT2D eigenvalue weighted by molar-refractivity contribution is -0.134. The van der Waals surface area contributed by atoms with E-state index in [0.29, 0.717) is 30.1 Å². The number of carbonyl (C=O) groups excluding carboxylic acids is 1. The third-order valence-corrected chi connectivity index (χ3v) is 3.36. The summed E-state index contributed by atoms with van der Waals surface area (Å²) in [6.45, 7) is 1.53. The lowest BCUT2D eigenvalue weighted by Gasteiger charge is -2.21. The molecule has 0 aliphatic carbocycles. The van der Waals surface area contributed by atoms with E-state index in [0.717, 1.165) is 13.0 Å². The van der Waals surface area contributed by atoms with Crippen LogP contribution < -0.4 is 4.74 Å². The quantitative estimate of drug-likeness (QED) is 0.727. The van der Waals surface area contributed by atoms with Gasteiger partial charge < -0.3 is 24.7 Å². The van der Waals surface area contributed by atoms with Crippen LogP contribution in [0.2, 0.25) is 0 Å². The van der Waals surface area contributed by atoms with Crippen LogP contribution in [0.1, 0.15) is 16.9 Å². The first-order valence-electron chi connectivity index (χ1n) is 7.86. The smallest absolute Gasteiger partial charge is 0.328 e. The van der Waals surface area contributed by atoms with Crippen molar-refractivity contribution in [3.63, 3.8) is 0 Å². The monoisotopic (exact) mass is 365 g/mol. The van der Waals surface area contributed by atoms with Crippen molar-refractivity contribution < 1.29 is 29.3 Å². The zero-order chi connectivity index (χ0) is 19.7. The molecule has 0 saturated carbocycles. The molecule has 2 N–H and O–H groups in total. The molecule has 1 aliphatic heterocycles. The number of carboxylic acids is 2. The summed E-state index contributed by atoms with van der Waals surface area (Å²) in [6, 6.07) is 3.60. The van der Waals surface area contributed by atoms with Gasteiger partial charge in [-0.2, -0.15) is 0 Å². The van der Waals surface area contributed by atoms with E-state index in [1.165, 1.54) is 0 Å². The van der Waals surface area contributed by atoms with E-state index in [1.54, 1.807) is 24.2 Å². The molecule has 2 rings (SSSR count). The summed E-state index contributed by atoms with van der Waals surface area (Å²) < 4.78 is 5.90. The van der Waals surface area contributed by atoms with E-state index in [1.807, 2.05) is 20.2 Å². The van der Waals surface area contributed by atoms with E-state index < -0.39 is 11.9 Å². The highest BCUT2D eigenvalue weighted by atomic mass is 16.5. The summed E-state index contributed by atoms with van der Waals surface area (Å²) in [7, 11) is 5.85. The second-order valence-corrected chi connectivity index (χ2v) is 5.88. The standard InChI is InChI=1S/C13H19N3O2.C4H4O4/c1-15(2)8-6-10-9-16(3)13(17)12-11(18-10)5-4-7-14-12;5-3(6)1-2-4(7)8/h4-5,7,10H,6,8-9H2,1-3H3;1-2H,(H,5,6)(H,7,8). The number of carboxylic acid groups (broad SMARTS) is 2. The molecular formula is C17H23N3O6. The van der Waals surface area contributed by atoms with E-state index in [9.17, 15) is 14.4 Å². The van der Waals surface area contributed by atoms with Crippen molar-refractivity contribution >= 4 is 17.8 Å². The molecule has 0 saturated heterocycles. The van der Waals surface area contributed by atoms with Gasteiger partial charge in [-0.25, -0.2) is 14.6 Å². The minimum atomic E-state index is -1.26. The van der Waals surface area contributed by atoms with Gasteiger partial charge in [-0.1, -0.05) is 0 Å². The average Bonchev–Trinajstić information content (AvgIpc) is 2.69. The second-order valence-electron chi connectivity index (χ2n) is 5.88. The van der Waals surface area contributed by atoms with Crippen molar-refractivity contribution in [3.8, 4) is 5.75 Å². The Morgan fingerprint density at radius 2 is 1.96 bits per heavy atom. The van der Waals surface area contributed by atoms with Gasteiger partial charge in [0.05, 0.1) is 6.54 Å². The predicted octanol–water partition coefficient (Wildman–Crippen LogP) is 0.578. The molecule has 0 radical (unpaired) electrons. The van der Waals surface area contributed by atoms with Crippen LogP contribution in [0, 0.1) is 0 Å². The van der Waals surface area contributed by atoms with Crippen molar-refractivity contribution in [1.29, 1.82) is 0 Å². The number of nitrogens with zero attached hydrogens (tertiary/aromatic N) is 3. The number of hydrogen-bond donors (Lipinski definition) is 2. The first-order chi connectivity index (χ1) is 12.2. The number of rotatable bonds is 5. The number of likely N-dealkylation sites (N-methyl/N-ethyl adjacent to an activating group) is 1. The molecule has 1 atom stereocenters. The highest BCUT2D eigenvalue weighted by molar-refractivity contribution is 5.95. The van der Waals surface area contributed by atoms with Gasteiger partial charge in [0.1, 0.15) is 6.10 Å². The molecule has 1 aliphatic rings. The fourth-order valence-corrected chi connectivity index (χ4v) is 2.13. The van der Waals surface area contributed by atoms with Gasteiger partial charge in [0.2, 0.25) is 0 Å². The van der Waals surface area contributed by atoms with Crippen molar-refractivity contribution in [2.24, 2.45) is 0 Å². The summed E-state index contributed by atoms with van der Waals surface area (Å²) in [5, 5.41) is 15.6. The molecule has 0 spiro atoms. The second kappa shape index (κ2) is 10.1. The Morgan fingerprint density at radius 3 is 2.50 bits per heavy atom. The Bertz CT molecular complexity index is 658. The zero-order valence-electron chi connectivity index (χ0n) is 15.0. The number of pyridine rings is 1. The number of carbonyl (C=O) groups is 3. The van der Waals surface area contributed by atoms with Crippen LogP contribution in [-0.2, 0) is 9.59 Å². The Balaban J connectivity index is 0.000000359. The van der Waals surface area contributed by atoms with E-state index >= 15 is 0 Å². The van der Waals surface area contributed by atoms with Gasteiger partial charge in [-0.05, 0) is 32.6 Å². The number of hydrogen-bond acceptors (Lipinski definition) is 6. The Labute approximate surface area is 151 Å². The summed E-state index contributed by atoms with van der Waals surface area (Å²) >= 11 is 0. The van der Waals surface area contributed by atoms with Crippen LogP contribution in [0.5, 0.6) is 5.75 Å². The maximum Gasteiger partial charge on any atom is 0.328 e. The lowest BCUT2D eigenvalue weighted by atomic mass is 10.2. The molecular weight excluding hydrogens is 342 g/mol. The average molecular weight is 365 g/mol. The van der Waals surface area contributed by atoms with E-state index in [-0.39, 0.29) is 12.0 Å². The Hall–Kier alpha value is -2.94. The van der Waals surface area contributed by atoms with E-state index in [2.05, 4.69) is 9.88 Å². The normalized spacial score (nSPS) is 16.4. The fourth-order valence-electron chi connectivity index (χ4n) is 2.13. The van der Waals surface area contributed by atoms with Gasteiger partial charge in [0, 0.05) is 31.9 Å². The summed E-state index contributed by atoms with van der Waals surface area (Å²) in [5.41, 5.74) is 0.410. The molecule has 142 valence electrons. The third kappa shape index (κ3) is 7.31. The van der Waals surface area contributed by atoms with Gasteiger partial charge in [0.25, 0.3) is 5.91 Å². The number of ether oxygens (including phenoxy) is 1. The third-order valence-electron chi connectivity index (χ3n) is 3.36. The van der Waals surface area contributed by atoms with Crippen LogP contribution in [0.15, 0.2) is 30.5 Å². The fraction of sp³-hybridized carbons (Fsp3) is 0.412. The van der Waals surface area contributed by atoms with Crippen molar-refractivity contribution in [1.82, 2.24) is 14.8 Å². The van der Waals surface area contributed by atoms with Crippen molar-refractivity contribution in [3.05, 3.63) is 36.2 Å². The number of aromatic nitrogens is 1. The molecule has 2 heterocycles. The highest BCUT2D eigenvalue weighted by Gasteiger charge is 2.27. The van der Waals surface area contributed by atoms with Crippen LogP contribution in [0.4, 0.5) is 0 Å². The largest absolute Gasteiger partial charge is 0.486 e. The highest BCUT2D eigenvalue weighted by Crippen LogP contribution is 2.23. The lowest BCUT2D eigenvalue weighted by Crippen LogP contribution is -2.35. The summed E-state index contributed by atoms with van der Waals surface area (Å²) in [6.07, 6.45) is 3.64. The molecule has 9 heteroatoms. The van der Waals surface area contributed by atoms with Crippen molar-refractivity contribution in [2.75, 3.05) is 34.2 Å². The zero-order valence-corrected chi connectivity index (χ0v) is 15.0. The number of amides is 1. The topological polar surface area (TPSA) is 120 Å². The van der Waals surface area contributed by atoms with Gasteiger partial charge in [-0.15, -0.1) is 0 Å². The van der Waals surface area contributed by atoms with Crippen molar-refractivity contribution in [2.45, 2.75) is 12.5 Å². The molecule has 26 heavy (non-hydrogen) atoms. The van der Waals surface area contributed by atoms with E-state index in [4.69, 9.17) is 14.9 Å². The van der Waals surface area contributed by atoms with Gasteiger partial charge >= 0.3 is 11.9 Å². The van der Waals surface area contributed by atoms with Crippen LogP contribution in [0.25, 0.3) is 0 Å². The summed E-state index contributed by atoms with van der Waals surface area (Å²) in [4.78, 5) is 39.1. The predicted molar refractivity (Wildman–Crippen MR) is 93.2 cm³/mol. The van der Waals surface area contributed by atoms with Crippen LogP contribution >= 0.6 is 0 Å².